The summed E-state index contributed by atoms with van der Waals surface area (Å²) >= 11 is 0. The number of rotatable bonds is 19. The molecule has 7 nitrogen and oxygen atoms in total. The van der Waals surface area contributed by atoms with Crippen LogP contribution in [0.2, 0.25) is 0 Å². The van der Waals surface area contributed by atoms with Gasteiger partial charge in [-0.1, -0.05) is 174 Å². The van der Waals surface area contributed by atoms with Gasteiger partial charge in [0, 0.05) is 44.0 Å². The zero-order valence-electron chi connectivity index (χ0n) is 47.8. The first-order valence-electron chi connectivity index (χ1n) is 31.0. The van der Waals surface area contributed by atoms with Gasteiger partial charge < -0.3 is 14.9 Å². The van der Waals surface area contributed by atoms with Crippen LogP contribution in [0.1, 0.15) is 253 Å². The molecule has 12 atom stereocenters. The predicted octanol–water partition coefficient (Wildman–Crippen LogP) is 18.3. The normalized spacial score (nSPS) is 33.6. The molecule has 0 saturated heterocycles. The molecule has 420 valence electrons. The number of carbonyl (C=O) groups excluding carboxylic acids is 1. The maximum absolute atomic E-state index is 12.6. The molecule has 4 saturated carbocycles. The van der Waals surface area contributed by atoms with Gasteiger partial charge in [-0.05, 0) is 188 Å². The van der Waals surface area contributed by atoms with Gasteiger partial charge in [0.1, 0.15) is 6.10 Å². The Morgan fingerprint density at radius 3 is 1.47 bits per heavy atom. The average Bonchev–Trinajstić information content (AvgIpc) is 4.04. The van der Waals surface area contributed by atoms with E-state index in [4.69, 9.17) is 9.84 Å². The lowest BCUT2D eigenvalue weighted by Gasteiger charge is -2.57. The van der Waals surface area contributed by atoms with Crippen molar-refractivity contribution in [2.45, 2.75) is 254 Å². The highest BCUT2D eigenvalue weighted by Gasteiger charge is 2.58. The smallest absolute Gasteiger partial charge is 0.306 e. The molecule has 7 heteroatoms. The van der Waals surface area contributed by atoms with Crippen LogP contribution in [0.5, 0.6) is 0 Å². The lowest BCUT2D eigenvalue weighted by Crippen LogP contribution is -2.50. The van der Waals surface area contributed by atoms with Crippen LogP contribution in [0, 0.1) is 57.2 Å². The zero-order valence-corrected chi connectivity index (χ0v) is 47.8. The summed E-state index contributed by atoms with van der Waals surface area (Å²) in [5.41, 5.74) is 10.1. The van der Waals surface area contributed by atoms with Gasteiger partial charge in [-0.3, -0.25) is 19.6 Å². The van der Waals surface area contributed by atoms with Crippen molar-refractivity contribution in [2.24, 2.45) is 57.2 Å². The van der Waals surface area contributed by atoms with Crippen LogP contribution < -0.4 is 0 Å². The number of ether oxygens (including phenoxy) is 1. The van der Waals surface area contributed by atoms with Gasteiger partial charge in [-0.15, -0.1) is 0 Å². The Kier molecular flexibility index (Phi) is 21.5. The van der Waals surface area contributed by atoms with Gasteiger partial charge in [0.05, 0.1) is 6.10 Å². The number of aromatic nitrogens is 2. The zero-order chi connectivity index (χ0) is 53.1. The fourth-order valence-corrected chi connectivity index (χ4v) is 17.1. The van der Waals surface area contributed by atoms with Gasteiger partial charge in [0.25, 0.3) is 0 Å². The summed E-state index contributed by atoms with van der Waals surface area (Å²) in [5.74, 6) is 3.98. The van der Waals surface area contributed by atoms with Gasteiger partial charge in [-0.2, -0.15) is 0 Å². The number of esters is 1. The summed E-state index contributed by atoms with van der Waals surface area (Å²) in [4.78, 5) is 31.5. The molecule has 0 spiro atoms. The number of allylic oxidation sites excluding steroid dienone is 6. The summed E-state index contributed by atoms with van der Waals surface area (Å²) in [6.07, 6.45) is 52.2. The molecule has 0 aromatic carbocycles. The highest BCUT2D eigenvalue weighted by atomic mass is 16.5. The first kappa shape index (κ1) is 59.8. The van der Waals surface area contributed by atoms with Crippen LogP contribution in [0.25, 0.3) is 11.1 Å². The van der Waals surface area contributed by atoms with E-state index < -0.39 is 5.97 Å². The number of aliphatic hydroxyl groups excluding tert-OH is 1. The fraction of sp³-hybridized carbons (Fsp3) is 0.710. The number of pyridine rings is 2. The maximum Gasteiger partial charge on any atom is 0.306 e. The monoisotopic (exact) mass is 1040 g/mol. The Balaban J connectivity index is 0.000000187. The average molecular weight is 1040 g/mol. The molecule has 0 bridgehead atoms. The second-order valence-corrected chi connectivity index (χ2v) is 26.0. The van der Waals surface area contributed by atoms with Gasteiger partial charge in [-0.25, -0.2) is 0 Å². The lowest BCUT2D eigenvalue weighted by molar-refractivity contribution is -0.151. The SMILES string of the molecule is C.CCCCCCCCCC(=O)O.CCCCCCCCCC(=O)OC1CC[C@@]2(C)C(=CCC3C2CC[C@]2(C)C(c4cccnc4)=CCC32)C1.C[C@]12CCC(O)CC1=CCC1C2CC[C@]2(C)C(c3cccnc3)=CCC12. The number of fused-ring (bicyclic) bond motifs is 10. The summed E-state index contributed by atoms with van der Waals surface area (Å²) < 4.78 is 6.02. The maximum atomic E-state index is 12.6. The minimum absolute atomic E-state index is 0. The molecule has 4 fully saturated rings. The molecule has 0 radical (unpaired) electrons. The van der Waals surface area contributed by atoms with Crippen LogP contribution in [0.3, 0.4) is 0 Å². The Bertz CT molecular complexity index is 2300. The number of hydrogen-bond donors (Lipinski definition) is 2. The van der Waals surface area contributed by atoms with E-state index in [0.29, 0.717) is 23.7 Å². The fourth-order valence-electron chi connectivity index (χ4n) is 17.1. The molecule has 2 N–H and O–H groups in total. The highest BCUT2D eigenvalue weighted by Crippen LogP contribution is 2.68. The minimum Gasteiger partial charge on any atom is -0.481 e. The largest absolute Gasteiger partial charge is 0.481 e. The molecule has 2 aromatic heterocycles. The van der Waals surface area contributed by atoms with E-state index in [1.165, 1.54) is 140 Å². The summed E-state index contributed by atoms with van der Waals surface area (Å²) in [7, 11) is 0. The topological polar surface area (TPSA) is 110 Å². The van der Waals surface area contributed by atoms with E-state index in [-0.39, 0.29) is 36.4 Å². The van der Waals surface area contributed by atoms with Gasteiger partial charge >= 0.3 is 11.9 Å². The Morgan fingerprint density at radius 1 is 0.553 bits per heavy atom. The van der Waals surface area contributed by atoms with Crippen molar-refractivity contribution in [2.75, 3.05) is 0 Å². The van der Waals surface area contributed by atoms with E-state index in [2.05, 4.69) is 106 Å². The Labute approximate surface area is 462 Å². The third-order valence-electron chi connectivity index (χ3n) is 21.5. The van der Waals surface area contributed by atoms with E-state index in [1.807, 2.05) is 18.6 Å². The summed E-state index contributed by atoms with van der Waals surface area (Å²) in [6.45, 7) is 14.6. The highest BCUT2D eigenvalue weighted by molar-refractivity contribution is 5.73. The van der Waals surface area contributed by atoms with Crippen molar-refractivity contribution in [3.8, 4) is 0 Å². The van der Waals surface area contributed by atoms with Crippen molar-refractivity contribution in [3.05, 3.63) is 95.6 Å². The van der Waals surface area contributed by atoms with Crippen molar-refractivity contribution in [1.82, 2.24) is 9.97 Å². The van der Waals surface area contributed by atoms with Crippen LogP contribution in [-0.2, 0) is 14.3 Å². The molecule has 2 heterocycles. The Hall–Kier alpha value is -3.84. The van der Waals surface area contributed by atoms with Crippen molar-refractivity contribution in [1.29, 1.82) is 0 Å². The molecule has 0 amide bonds. The van der Waals surface area contributed by atoms with Crippen molar-refractivity contribution < 1.29 is 24.5 Å². The predicted molar refractivity (Wildman–Crippen MR) is 314 cm³/mol. The quantitative estimate of drug-likeness (QED) is 0.0819. The molecule has 76 heavy (non-hydrogen) atoms. The van der Waals surface area contributed by atoms with E-state index >= 15 is 0 Å². The number of nitrogens with zero attached hydrogens (tertiary/aromatic N) is 2. The molecule has 8 aliphatic rings. The third kappa shape index (κ3) is 13.4. The molecule has 8 unspecified atom stereocenters. The van der Waals surface area contributed by atoms with Gasteiger partial charge in [0.15, 0.2) is 0 Å². The van der Waals surface area contributed by atoms with Crippen molar-refractivity contribution >= 4 is 23.1 Å². The molecular weight excluding hydrogens is 937 g/mol. The number of carboxylic acid groups (broad SMARTS) is 1. The molecule has 8 aliphatic carbocycles. The second kappa shape index (κ2) is 27.4. The van der Waals surface area contributed by atoms with Crippen LogP contribution >= 0.6 is 0 Å². The van der Waals surface area contributed by atoms with Crippen LogP contribution in [0.4, 0.5) is 0 Å². The standard InChI is InChI=1S/C34H49NO2.C24H31NO.C10H20O2.CH4/c1-4-5-6-7-8-9-10-13-32(36)37-27-18-20-33(2)26(23-27)14-15-28-30-17-16-29(25-12-11-22-35-24-25)34(30,3)21-19-31(28)33;1-23-11-9-18(26)14-17(23)5-6-19-21-8-7-20(16-4-3-13-25-15-16)24(21,2)12-10-22(19)23;1-2-3-4-5-6-7-8-9-10(11)12;/h11-12,14,16,22,24,27-28,30-31H,4-10,13,15,17-21,23H2,1-3H3;3-5,7,13,15,18-19,21-22,26H,6,8-12,14H2,1-2H3;2-9H2,1H3,(H,11,12);1H4/t27?,28?,30?,31?,33-,34+;18?,19?,21?,22?,23-,24+;;/m00../s1. The first-order chi connectivity index (χ1) is 36.2. The van der Waals surface area contributed by atoms with Crippen LogP contribution in [0.15, 0.2) is 84.5 Å². The van der Waals surface area contributed by atoms with E-state index in [0.717, 1.165) is 86.9 Å². The van der Waals surface area contributed by atoms with Gasteiger partial charge in [0.2, 0.25) is 0 Å². The second-order valence-electron chi connectivity index (χ2n) is 26.0. The summed E-state index contributed by atoms with van der Waals surface area (Å²) in [5, 5.41) is 18.5. The first-order valence-corrected chi connectivity index (χ1v) is 31.0. The van der Waals surface area contributed by atoms with E-state index in [9.17, 15) is 14.7 Å². The number of aliphatic hydroxyl groups is 1. The van der Waals surface area contributed by atoms with Crippen LogP contribution in [-0.4, -0.2) is 44.3 Å². The number of hydrogen-bond acceptors (Lipinski definition) is 6. The Morgan fingerprint density at radius 2 is 1.00 bits per heavy atom. The molecular formula is C69H104N2O5. The number of carbonyl (C=O) groups is 2. The summed E-state index contributed by atoms with van der Waals surface area (Å²) in [6, 6.07) is 8.63. The molecule has 10 rings (SSSR count). The molecule has 2 aromatic rings. The minimum atomic E-state index is -0.663. The lowest BCUT2D eigenvalue weighted by atomic mass is 9.47. The number of aliphatic carboxylic acids is 1. The third-order valence-corrected chi connectivity index (χ3v) is 21.5. The number of unbranched alkanes of at least 4 members (excludes halogenated alkanes) is 12. The van der Waals surface area contributed by atoms with E-state index in [1.54, 1.807) is 22.3 Å². The molecule has 0 aliphatic heterocycles. The number of carboxylic acids is 1. The van der Waals surface area contributed by atoms with Crippen molar-refractivity contribution in [3.63, 3.8) is 0 Å².